The smallest absolute Gasteiger partial charge is 0.341 e. The Morgan fingerprint density at radius 2 is 1.82 bits per heavy atom. The van der Waals surface area contributed by atoms with Gasteiger partial charge in [-0.2, -0.15) is 0 Å². The SMILES string of the molecule is CCOC(=O)c1cc(-c2ccccc2)sc1NC(=O)[C@H](C)OC(=O)[C@H]1CC(=O)N(c2ccccc2OC)C1. The molecule has 0 spiro atoms. The Kier molecular flexibility index (Phi) is 8.42. The predicted octanol–water partition coefficient (Wildman–Crippen LogP) is 4.52. The lowest BCUT2D eigenvalue weighted by atomic mass is 10.1. The van der Waals surface area contributed by atoms with E-state index in [-0.39, 0.29) is 31.0 Å². The normalized spacial score (nSPS) is 15.6. The van der Waals surface area contributed by atoms with Crippen LogP contribution in [0.15, 0.2) is 60.7 Å². The van der Waals surface area contributed by atoms with E-state index in [1.165, 1.54) is 30.3 Å². The molecule has 0 saturated carbocycles. The van der Waals surface area contributed by atoms with Gasteiger partial charge in [0.25, 0.3) is 5.91 Å². The van der Waals surface area contributed by atoms with Gasteiger partial charge in [-0.3, -0.25) is 14.4 Å². The molecule has 198 valence electrons. The number of carbonyl (C=O) groups excluding carboxylic acids is 4. The fourth-order valence-corrected chi connectivity index (χ4v) is 5.13. The molecule has 0 unspecified atom stereocenters. The Morgan fingerprint density at radius 3 is 2.53 bits per heavy atom. The monoisotopic (exact) mass is 536 g/mol. The van der Waals surface area contributed by atoms with Crippen LogP contribution in [0.25, 0.3) is 10.4 Å². The molecule has 0 bridgehead atoms. The summed E-state index contributed by atoms with van der Waals surface area (Å²) in [6.07, 6.45) is -1.20. The van der Waals surface area contributed by atoms with Crippen LogP contribution in [0.4, 0.5) is 10.7 Å². The molecule has 1 aliphatic rings. The average Bonchev–Trinajstić information content (AvgIpc) is 3.53. The molecule has 1 aromatic heterocycles. The standard InChI is InChI=1S/C28H28N2O7S/c1-4-36-28(34)20-15-23(18-10-6-5-7-11-18)38-26(20)29-25(32)17(2)37-27(33)19-14-24(31)30(16-19)21-12-8-9-13-22(21)35-3/h5-13,15,17,19H,4,14,16H2,1-3H3,(H,29,32)/t17-,19-/m0/s1. The van der Waals surface area contributed by atoms with Crippen molar-refractivity contribution in [3.05, 3.63) is 66.2 Å². The van der Waals surface area contributed by atoms with E-state index in [9.17, 15) is 19.2 Å². The topological polar surface area (TPSA) is 111 Å². The van der Waals surface area contributed by atoms with Crippen molar-refractivity contribution in [2.24, 2.45) is 5.92 Å². The summed E-state index contributed by atoms with van der Waals surface area (Å²) in [6, 6.07) is 18.1. The Bertz CT molecular complexity index is 1340. The van der Waals surface area contributed by atoms with Gasteiger partial charge in [0.1, 0.15) is 10.8 Å². The number of anilines is 2. The van der Waals surface area contributed by atoms with Crippen molar-refractivity contribution in [3.8, 4) is 16.2 Å². The first-order valence-corrected chi connectivity index (χ1v) is 12.9. The molecule has 9 nitrogen and oxygen atoms in total. The summed E-state index contributed by atoms with van der Waals surface area (Å²) in [6.45, 7) is 3.44. The molecule has 2 amide bonds. The number of carbonyl (C=O) groups is 4. The van der Waals surface area contributed by atoms with Gasteiger partial charge in [0, 0.05) is 17.8 Å². The molecule has 2 aromatic carbocycles. The van der Waals surface area contributed by atoms with Crippen LogP contribution < -0.4 is 15.0 Å². The second-order valence-corrected chi connectivity index (χ2v) is 9.64. The molecule has 2 atom stereocenters. The highest BCUT2D eigenvalue weighted by molar-refractivity contribution is 7.20. The number of thiophene rings is 1. The van der Waals surface area contributed by atoms with E-state index in [0.717, 1.165) is 10.4 Å². The largest absolute Gasteiger partial charge is 0.495 e. The lowest BCUT2D eigenvalue weighted by molar-refractivity contribution is -0.157. The number of benzene rings is 2. The van der Waals surface area contributed by atoms with Crippen LogP contribution in [0.2, 0.25) is 0 Å². The van der Waals surface area contributed by atoms with E-state index < -0.39 is 29.9 Å². The number of amides is 2. The van der Waals surface area contributed by atoms with Crippen molar-refractivity contribution >= 4 is 45.8 Å². The van der Waals surface area contributed by atoms with Crippen molar-refractivity contribution in [1.82, 2.24) is 0 Å². The number of methoxy groups -OCH3 is 1. The van der Waals surface area contributed by atoms with Crippen LogP contribution >= 0.6 is 11.3 Å². The Hall–Kier alpha value is -4.18. The van der Waals surface area contributed by atoms with Crippen LogP contribution in [0.5, 0.6) is 5.75 Å². The van der Waals surface area contributed by atoms with Gasteiger partial charge in [0.05, 0.1) is 30.9 Å². The van der Waals surface area contributed by atoms with E-state index in [1.807, 2.05) is 30.3 Å². The minimum absolute atomic E-state index is 0.0381. The summed E-state index contributed by atoms with van der Waals surface area (Å²) in [4.78, 5) is 53.2. The second kappa shape index (κ2) is 11.9. The number of ether oxygens (including phenoxy) is 3. The summed E-state index contributed by atoms with van der Waals surface area (Å²) >= 11 is 1.22. The first-order valence-electron chi connectivity index (χ1n) is 12.1. The Labute approximate surface area is 224 Å². The highest BCUT2D eigenvalue weighted by Gasteiger charge is 2.38. The third-order valence-corrected chi connectivity index (χ3v) is 7.12. The van der Waals surface area contributed by atoms with Crippen LogP contribution in [-0.4, -0.2) is 50.1 Å². The Balaban J connectivity index is 1.43. The fraction of sp³-hybridized carbons (Fsp3) is 0.286. The first kappa shape index (κ1) is 26.9. The van der Waals surface area contributed by atoms with Gasteiger partial charge in [0.15, 0.2) is 6.10 Å². The molecule has 10 heteroatoms. The van der Waals surface area contributed by atoms with Crippen molar-refractivity contribution in [2.45, 2.75) is 26.4 Å². The van der Waals surface area contributed by atoms with Crippen molar-refractivity contribution in [1.29, 1.82) is 0 Å². The number of esters is 2. The molecule has 38 heavy (non-hydrogen) atoms. The minimum atomic E-state index is -1.16. The van der Waals surface area contributed by atoms with Gasteiger partial charge in [-0.25, -0.2) is 4.79 Å². The van der Waals surface area contributed by atoms with Gasteiger partial charge in [-0.15, -0.1) is 11.3 Å². The summed E-state index contributed by atoms with van der Waals surface area (Å²) in [5.41, 5.74) is 1.67. The number of para-hydroxylation sites is 2. The molecule has 0 radical (unpaired) electrons. The summed E-state index contributed by atoms with van der Waals surface area (Å²) < 4.78 is 15.9. The summed E-state index contributed by atoms with van der Waals surface area (Å²) in [5, 5.41) is 3.00. The first-order chi connectivity index (χ1) is 18.3. The highest BCUT2D eigenvalue weighted by Crippen LogP contribution is 2.36. The van der Waals surface area contributed by atoms with Crippen LogP contribution in [0, 0.1) is 5.92 Å². The minimum Gasteiger partial charge on any atom is -0.495 e. The maximum absolute atomic E-state index is 12.9. The zero-order chi connectivity index (χ0) is 27.2. The molecule has 4 rings (SSSR count). The zero-order valence-electron chi connectivity index (χ0n) is 21.3. The third-order valence-electron chi connectivity index (χ3n) is 6.02. The Morgan fingerprint density at radius 1 is 1.11 bits per heavy atom. The van der Waals surface area contributed by atoms with E-state index >= 15 is 0 Å². The van der Waals surface area contributed by atoms with Gasteiger partial charge in [0.2, 0.25) is 5.91 Å². The van der Waals surface area contributed by atoms with Gasteiger partial charge < -0.3 is 24.4 Å². The second-order valence-electron chi connectivity index (χ2n) is 8.59. The van der Waals surface area contributed by atoms with Gasteiger partial charge >= 0.3 is 11.9 Å². The fourth-order valence-electron chi connectivity index (χ4n) is 4.08. The number of nitrogens with zero attached hydrogens (tertiary/aromatic N) is 1. The van der Waals surface area contributed by atoms with Gasteiger partial charge in [-0.05, 0) is 37.6 Å². The number of hydrogen-bond acceptors (Lipinski definition) is 8. The number of hydrogen-bond donors (Lipinski definition) is 1. The number of nitrogens with one attached hydrogen (secondary N) is 1. The third kappa shape index (κ3) is 5.86. The van der Waals surface area contributed by atoms with Crippen LogP contribution in [0.1, 0.15) is 30.6 Å². The molecule has 3 aromatic rings. The average molecular weight is 537 g/mol. The van der Waals surface area contributed by atoms with E-state index in [4.69, 9.17) is 14.2 Å². The molecular weight excluding hydrogens is 508 g/mol. The van der Waals surface area contributed by atoms with Crippen molar-refractivity contribution in [3.63, 3.8) is 0 Å². The summed E-state index contributed by atoms with van der Waals surface area (Å²) in [5.74, 6) is -2.27. The van der Waals surface area contributed by atoms with Crippen LogP contribution in [-0.2, 0) is 23.9 Å². The molecule has 1 saturated heterocycles. The van der Waals surface area contributed by atoms with Crippen LogP contribution in [0.3, 0.4) is 0 Å². The van der Waals surface area contributed by atoms with E-state index in [0.29, 0.717) is 16.4 Å². The molecular formula is C28H28N2O7S. The maximum atomic E-state index is 12.9. The van der Waals surface area contributed by atoms with Gasteiger partial charge in [-0.1, -0.05) is 42.5 Å². The zero-order valence-corrected chi connectivity index (χ0v) is 22.1. The highest BCUT2D eigenvalue weighted by atomic mass is 32.1. The van der Waals surface area contributed by atoms with Crippen molar-refractivity contribution in [2.75, 3.05) is 30.5 Å². The quantitative estimate of drug-likeness (QED) is 0.400. The lowest BCUT2D eigenvalue weighted by Gasteiger charge is -2.19. The van der Waals surface area contributed by atoms with E-state index in [2.05, 4.69) is 5.32 Å². The van der Waals surface area contributed by atoms with E-state index in [1.54, 1.807) is 37.3 Å². The predicted molar refractivity (Wildman–Crippen MR) is 143 cm³/mol. The molecule has 1 N–H and O–H groups in total. The molecule has 0 aliphatic carbocycles. The van der Waals surface area contributed by atoms with Crippen molar-refractivity contribution < 1.29 is 33.4 Å². The molecule has 1 fully saturated rings. The lowest BCUT2D eigenvalue weighted by Crippen LogP contribution is -2.33. The summed E-state index contributed by atoms with van der Waals surface area (Å²) in [7, 11) is 1.51. The number of rotatable bonds is 9. The molecule has 2 heterocycles. The molecule has 1 aliphatic heterocycles. The maximum Gasteiger partial charge on any atom is 0.341 e.